The van der Waals surface area contributed by atoms with E-state index in [0.29, 0.717) is 48.3 Å². The summed E-state index contributed by atoms with van der Waals surface area (Å²) in [5.74, 6) is 0.0167. The van der Waals surface area contributed by atoms with Crippen LogP contribution in [0.2, 0.25) is 0 Å². The molecule has 0 atom stereocenters. The van der Waals surface area contributed by atoms with Crippen molar-refractivity contribution in [2.75, 3.05) is 40.1 Å². The van der Waals surface area contributed by atoms with Crippen LogP contribution in [0.5, 0.6) is 11.5 Å². The first-order chi connectivity index (χ1) is 24.1. The van der Waals surface area contributed by atoms with Crippen molar-refractivity contribution in [2.45, 2.75) is 0 Å². The van der Waals surface area contributed by atoms with Crippen molar-refractivity contribution in [3.8, 4) is 22.6 Å². The third-order valence-electron chi connectivity index (χ3n) is 7.55. The molecule has 6 aromatic rings. The van der Waals surface area contributed by atoms with E-state index in [-0.39, 0.29) is 19.0 Å². The molecule has 6 aromatic carbocycles. The number of fused-ring (bicyclic) bond motifs is 2. The van der Waals surface area contributed by atoms with Crippen LogP contribution in [0.1, 0.15) is 0 Å². The fourth-order valence-electron chi connectivity index (χ4n) is 5.21. The van der Waals surface area contributed by atoms with Crippen LogP contribution in [-0.4, -0.2) is 51.2 Å². The van der Waals surface area contributed by atoms with E-state index >= 15 is 0 Å². The number of esters is 1. The summed E-state index contributed by atoms with van der Waals surface area (Å²) in [7, 11) is 1.60. The molecular weight excluding hydrogens is 620 g/mol. The number of phenolic OH excluding ortho intramolecular Hbond substituents is 1. The SMILES string of the molecule is COCCOCCOCC(=O)Oc1ccc(N=Nc2ccc3ccccc3c2-c2c(N=Nc3ccc(O)cc3)ccc3ccccc23)cc1. The molecule has 1 N–H and O–H groups in total. The number of benzene rings is 6. The van der Waals surface area contributed by atoms with Crippen LogP contribution in [0.3, 0.4) is 0 Å². The van der Waals surface area contributed by atoms with E-state index in [9.17, 15) is 9.90 Å². The van der Waals surface area contributed by atoms with E-state index in [1.165, 1.54) is 0 Å². The lowest BCUT2D eigenvalue weighted by atomic mass is 9.91. The Hall–Kier alpha value is -5.81. The largest absolute Gasteiger partial charge is 0.508 e. The highest BCUT2D eigenvalue weighted by Crippen LogP contribution is 2.46. The Morgan fingerprint density at radius 3 is 1.65 bits per heavy atom. The van der Waals surface area contributed by atoms with Crippen LogP contribution in [-0.2, 0) is 19.0 Å². The number of ether oxygens (including phenoxy) is 4. The number of hydrogen-bond acceptors (Lipinski definition) is 10. The number of hydrogen-bond donors (Lipinski definition) is 1. The number of nitrogens with zero attached hydrogens (tertiary/aromatic N) is 4. The number of carbonyl (C=O) groups excluding carboxylic acids is 1. The first kappa shape index (κ1) is 33.1. The second-order valence-electron chi connectivity index (χ2n) is 10.9. The number of methoxy groups -OCH3 is 1. The molecular formula is C39H34N4O6. The summed E-state index contributed by atoms with van der Waals surface area (Å²) in [4.78, 5) is 12.2. The van der Waals surface area contributed by atoms with Crippen LogP contribution in [0.25, 0.3) is 32.7 Å². The van der Waals surface area contributed by atoms with Gasteiger partial charge in [-0.2, -0.15) is 10.2 Å². The zero-order valence-corrected chi connectivity index (χ0v) is 26.9. The monoisotopic (exact) mass is 654 g/mol. The fraction of sp³-hybridized carbons (Fsp3) is 0.154. The Morgan fingerprint density at radius 1 is 0.571 bits per heavy atom. The Labute approximate surface area is 283 Å². The van der Waals surface area contributed by atoms with Gasteiger partial charge in [0.15, 0.2) is 0 Å². The number of rotatable bonds is 14. The van der Waals surface area contributed by atoms with Gasteiger partial charge in [0.05, 0.1) is 49.2 Å². The predicted octanol–water partition coefficient (Wildman–Crippen LogP) is 9.78. The third-order valence-corrected chi connectivity index (χ3v) is 7.55. The Balaban J connectivity index is 1.28. The molecule has 10 nitrogen and oxygen atoms in total. The molecule has 0 fully saturated rings. The molecule has 0 saturated carbocycles. The normalized spacial score (nSPS) is 11.6. The van der Waals surface area contributed by atoms with E-state index < -0.39 is 5.97 Å². The molecule has 246 valence electrons. The van der Waals surface area contributed by atoms with Gasteiger partial charge in [0, 0.05) is 18.2 Å². The zero-order chi connectivity index (χ0) is 33.8. The lowest BCUT2D eigenvalue weighted by Crippen LogP contribution is -2.18. The highest BCUT2D eigenvalue weighted by atomic mass is 16.6. The maximum Gasteiger partial charge on any atom is 0.337 e. The van der Waals surface area contributed by atoms with Crippen molar-refractivity contribution < 1.29 is 28.8 Å². The molecule has 0 amide bonds. The molecule has 0 spiro atoms. The zero-order valence-electron chi connectivity index (χ0n) is 26.9. The third kappa shape index (κ3) is 8.57. The highest BCUT2D eigenvalue weighted by molar-refractivity contribution is 6.12. The van der Waals surface area contributed by atoms with Crippen LogP contribution >= 0.6 is 0 Å². The van der Waals surface area contributed by atoms with Crippen LogP contribution < -0.4 is 4.74 Å². The molecule has 0 aliphatic rings. The lowest BCUT2D eigenvalue weighted by Gasteiger charge is -2.15. The Bertz CT molecular complexity index is 2100. The van der Waals surface area contributed by atoms with Crippen molar-refractivity contribution >= 4 is 50.3 Å². The molecule has 49 heavy (non-hydrogen) atoms. The smallest absolute Gasteiger partial charge is 0.337 e. The van der Waals surface area contributed by atoms with Gasteiger partial charge in [0.25, 0.3) is 0 Å². The van der Waals surface area contributed by atoms with Gasteiger partial charge in [0.2, 0.25) is 0 Å². The van der Waals surface area contributed by atoms with Crippen molar-refractivity contribution in [1.82, 2.24) is 0 Å². The molecule has 0 aromatic heterocycles. The second kappa shape index (κ2) is 16.3. The minimum absolute atomic E-state index is 0.160. The Kier molecular flexibility index (Phi) is 11.0. The molecule has 10 heteroatoms. The van der Waals surface area contributed by atoms with Crippen LogP contribution in [0.15, 0.2) is 142 Å². The molecule has 0 radical (unpaired) electrons. The van der Waals surface area contributed by atoms with E-state index in [1.807, 2.05) is 48.5 Å². The van der Waals surface area contributed by atoms with E-state index in [0.717, 1.165) is 32.7 Å². The molecule has 6 rings (SSSR count). The van der Waals surface area contributed by atoms with Crippen LogP contribution in [0.4, 0.5) is 22.7 Å². The van der Waals surface area contributed by atoms with Gasteiger partial charge >= 0.3 is 5.97 Å². The second-order valence-corrected chi connectivity index (χ2v) is 10.9. The van der Waals surface area contributed by atoms with Crippen LogP contribution in [0, 0.1) is 0 Å². The summed E-state index contributed by atoms with van der Waals surface area (Å²) < 4.78 is 20.9. The van der Waals surface area contributed by atoms with Gasteiger partial charge in [-0.05, 0) is 82.2 Å². The van der Waals surface area contributed by atoms with Gasteiger partial charge in [-0.25, -0.2) is 4.79 Å². The minimum atomic E-state index is -0.513. The number of phenols is 1. The molecule has 0 saturated heterocycles. The van der Waals surface area contributed by atoms with Gasteiger partial charge in [-0.15, -0.1) is 10.2 Å². The van der Waals surface area contributed by atoms with Crippen molar-refractivity contribution in [1.29, 1.82) is 0 Å². The summed E-state index contributed by atoms with van der Waals surface area (Å²) in [5, 5.41) is 32.2. The van der Waals surface area contributed by atoms with Gasteiger partial charge in [-0.1, -0.05) is 60.7 Å². The maximum absolute atomic E-state index is 12.2. The van der Waals surface area contributed by atoms with Crippen molar-refractivity contribution in [2.24, 2.45) is 20.5 Å². The molecule has 0 unspecified atom stereocenters. The molecule has 0 bridgehead atoms. The standard InChI is InChI=1S/C39H34N4O6/c1-46-22-23-47-24-25-48-26-37(45)49-32-18-14-30(15-19-32)41-43-36-21-11-28-7-3-5-9-34(28)39(36)38-33-8-4-2-6-27(33)10-20-35(38)42-40-29-12-16-31(44)17-13-29/h2-21,44H,22-26H2,1H3. The summed E-state index contributed by atoms with van der Waals surface area (Å²) in [5.41, 5.74) is 4.24. The van der Waals surface area contributed by atoms with Gasteiger partial charge in [0.1, 0.15) is 18.1 Å². The van der Waals surface area contributed by atoms with E-state index in [2.05, 4.69) is 39.6 Å². The first-order valence-corrected chi connectivity index (χ1v) is 15.7. The summed E-state index contributed by atoms with van der Waals surface area (Å²) >= 11 is 0. The predicted molar refractivity (Wildman–Crippen MR) is 189 cm³/mol. The number of carbonyl (C=O) groups is 1. The summed E-state index contributed by atoms with van der Waals surface area (Å²) in [6.07, 6.45) is 0. The quantitative estimate of drug-likeness (QED) is 0.0540. The van der Waals surface area contributed by atoms with Gasteiger partial charge < -0.3 is 24.1 Å². The minimum Gasteiger partial charge on any atom is -0.508 e. The fourth-order valence-corrected chi connectivity index (χ4v) is 5.21. The number of aromatic hydroxyl groups is 1. The highest BCUT2D eigenvalue weighted by Gasteiger charge is 2.17. The molecule has 0 aliphatic heterocycles. The summed E-state index contributed by atoms with van der Waals surface area (Å²) in [6, 6.07) is 37.5. The lowest BCUT2D eigenvalue weighted by molar-refractivity contribution is -0.140. The van der Waals surface area contributed by atoms with E-state index in [4.69, 9.17) is 24.1 Å². The average molecular weight is 655 g/mol. The molecule has 0 aliphatic carbocycles. The van der Waals surface area contributed by atoms with E-state index in [1.54, 1.807) is 55.6 Å². The van der Waals surface area contributed by atoms with Gasteiger partial charge in [-0.3, -0.25) is 0 Å². The maximum atomic E-state index is 12.2. The van der Waals surface area contributed by atoms with Crippen molar-refractivity contribution in [3.63, 3.8) is 0 Å². The first-order valence-electron chi connectivity index (χ1n) is 15.7. The molecule has 0 heterocycles. The topological polar surface area (TPSA) is 124 Å². The Morgan fingerprint density at radius 2 is 1.08 bits per heavy atom. The van der Waals surface area contributed by atoms with Crippen molar-refractivity contribution in [3.05, 3.63) is 121 Å². The number of azo groups is 2. The summed E-state index contributed by atoms with van der Waals surface area (Å²) in [6.45, 7) is 1.42. The average Bonchev–Trinajstić information content (AvgIpc) is 3.13.